The zero-order valence-corrected chi connectivity index (χ0v) is 21.6. The number of ether oxygens (including phenoxy) is 1. The van der Waals surface area contributed by atoms with Crippen LogP contribution in [-0.4, -0.2) is 32.8 Å². The number of hydrogen-bond donors (Lipinski definition) is 1. The van der Waals surface area contributed by atoms with E-state index in [1.807, 2.05) is 54.6 Å². The van der Waals surface area contributed by atoms with Crippen LogP contribution in [0, 0.1) is 0 Å². The zero-order chi connectivity index (χ0) is 25.5. The van der Waals surface area contributed by atoms with Crippen molar-refractivity contribution in [2.45, 2.75) is 21.2 Å². The van der Waals surface area contributed by atoms with Gasteiger partial charge in [0.1, 0.15) is 5.75 Å². The van der Waals surface area contributed by atoms with Crippen molar-refractivity contribution in [1.29, 1.82) is 0 Å². The molecule has 0 radical (unpaired) electrons. The summed E-state index contributed by atoms with van der Waals surface area (Å²) >= 11 is 1.56. The van der Waals surface area contributed by atoms with Crippen LogP contribution in [0.15, 0.2) is 118 Å². The van der Waals surface area contributed by atoms with Crippen molar-refractivity contribution in [2.24, 2.45) is 0 Å². The Labute approximate surface area is 216 Å². The maximum Gasteiger partial charge on any atom is 0.255 e. The van der Waals surface area contributed by atoms with Gasteiger partial charge in [0.05, 0.1) is 17.7 Å². The average Bonchev–Trinajstić information content (AvgIpc) is 2.90. The molecule has 1 N–H and O–H groups in total. The third kappa shape index (κ3) is 5.96. The van der Waals surface area contributed by atoms with E-state index >= 15 is 0 Å². The molecule has 8 heteroatoms. The molecule has 0 saturated carbocycles. The molecule has 4 rings (SSSR count). The number of para-hydroxylation sites is 1. The van der Waals surface area contributed by atoms with Crippen molar-refractivity contribution < 1.29 is 17.9 Å². The van der Waals surface area contributed by atoms with E-state index in [0.717, 1.165) is 9.79 Å². The van der Waals surface area contributed by atoms with Crippen LogP contribution in [0.1, 0.15) is 15.9 Å². The molecule has 0 aromatic heterocycles. The second-order valence-corrected chi connectivity index (χ2v) is 11.1. The summed E-state index contributed by atoms with van der Waals surface area (Å²) in [7, 11) is -0.684. The Bertz CT molecular complexity index is 1440. The highest BCUT2D eigenvalue weighted by molar-refractivity contribution is 7.99. The lowest BCUT2D eigenvalue weighted by Gasteiger charge is -2.19. The Morgan fingerprint density at radius 1 is 0.889 bits per heavy atom. The first-order chi connectivity index (χ1) is 17.4. The van der Waals surface area contributed by atoms with E-state index in [1.54, 1.807) is 60.3 Å². The number of carbonyl (C=O) groups excluding carboxylic acids is 1. The number of hydrogen-bond acceptors (Lipinski definition) is 5. The van der Waals surface area contributed by atoms with E-state index in [-0.39, 0.29) is 17.3 Å². The maximum atomic E-state index is 13.2. The number of nitrogens with zero attached hydrogens (tertiary/aromatic N) is 1. The van der Waals surface area contributed by atoms with Crippen molar-refractivity contribution in [3.05, 3.63) is 114 Å². The van der Waals surface area contributed by atoms with Crippen molar-refractivity contribution >= 4 is 33.4 Å². The van der Waals surface area contributed by atoms with E-state index in [9.17, 15) is 13.2 Å². The molecular weight excluding hydrogens is 492 g/mol. The summed E-state index contributed by atoms with van der Waals surface area (Å²) in [6.45, 7) is 0.0436. The molecular formula is C28H26N2O4S2. The van der Waals surface area contributed by atoms with Crippen LogP contribution in [0.5, 0.6) is 5.75 Å². The van der Waals surface area contributed by atoms with Gasteiger partial charge in [-0.1, -0.05) is 60.3 Å². The second-order valence-electron chi connectivity index (χ2n) is 7.97. The van der Waals surface area contributed by atoms with Crippen LogP contribution >= 0.6 is 11.8 Å². The summed E-state index contributed by atoms with van der Waals surface area (Å²) in [4.78, 5) is 15.4. The summed E-state index contributed by atoms with van der Waals surface area (Å²) < 4.78 is 32.7. The maximum absolute atomic E-state index is 13.2. The van der Waals surface area contributed by atoms with Gasteiger partial charge in [-0.3, -0.25) is 4.79 Å². The molecule has 0 saturated heterocycles. The standard InChI is InChI=1S/C28H26N2O4S2/c1-30(36(32,33)24-13-7-4-8-14-24)20-22-19-21(17-18-26(22)34-2)28(31)29-25-15-9-10-16-27(25)35-23-11-5-3-6-12-23/h3-19H,20H2,1-2H3,(H,29,31). The quantitative estimate of drug-likeness (QED) is 0.298. The molecule has 4 aromatic carbocycles. The van der Waals surface area contributed by atoms with Gasteiger partial charge in [0, 0.05) is 34.5 Å². The molecule has 0 aliphatic rings. The SMILES string of the molecule is COc1ccc(C(=O)Nc2ccccc2Sc2ccccc2)cc1CN(C)S(=O)(=O)c1ccccc1. The molecule has 0 fully saturated rings. The molecule has 0 atom stereocenters. The van der Waals surface area contributed by atoms with Gasteiger partial charge >= 0.3 is 0 Å². The van der Waals surface area contributed by atoms with Gasteiger partial charge < -0.3 is 10.1 Å². The van der Waals surface area contributed by atoms with E-state index in [0.29, 0.717) is 22.6 Å². The molecule has 0 aliphatic carbocycles. The molecule has 36 heavy (non-hydrogen) atoms. The highest BCUT2D eigenvalue weighted by atomic mass is 32.2. The number of sulfonamides is 1. The Morgan fingerprint density at radius 2 is 1.53 bits per heavy atom. The van der Waals surface area contributed by atoms with Crippen molar-refractivity contribution in [3.8, 4) is 5.75 Å². The first kappa shape index (κ1) is 25.5. The molecule has 4 aromatic rings. The van der Waals surface area contributed by atoms with Crippen LogP contribution in [0.2, 0.25) is 0 Å². The van der Waals surface area contributed by atoms with Gasteiger partial charge in [0.15, 0.2) is 0 Å². The van der Waals surface area contributed by atoms with Crippen LogP contribution in [0.3, 0.4) is 0 Å². The number of methoxy groups -OCH3 is 1. The Morgan fingerprint density at radius 3 is 2.22 bits per heavy atom. The van der Waals surface area contributed by atoms with Crippen molar-refractivity contribution in [3.63, 3.8) is 0 Å². The second kappa shape index (κ2) is 11.4. The Balaban J connectivity index is 1.56. The smallest absolute Gasteiger partial charge is 0.255 e. The minimum atomic E-state index is -3.70. The van der Waals surface area contributed by atoms with Gasteiger partial charge in [-0.2, -0.15) is 4.31 Å². The molecule has 184 valence electrons. The summed E-state index contributed by atoms with van der Waals surface area (Å²) in [5, 5.41) is 2.99. The Hall–Kier alpha value is -3.59. The molecule has 0 aliphatic heterocycles. The first-order valence-corrected chi connectivity index (χ1v) is 13.5. The molecule has 6 nitrogen and oxygen atoms in total. The largest absolute Gasteiger partial charge is 0.496 e. The fourth-order valence-corrected chi connectivity index (χ4v) is 5.70. The predicted octanol–water partition coefficient (Wildman–Crippen LogP) is 5.92. The van der Waals surface area contributed by atoms with Gasteiger partial charge in [-0.25, -0.2) is 8.42 Å². The van der Waals surface area contributed by atoms with E-state index in [4.69, 9.17) is 4.74 Å². The lowest BCUT2D eigenvalue weighted by atomic mass is 10.1. The highest BCUT2D eigenvalue weighted by Crippen LogP contribution is 2.33. The predicted molar refractivity (Wildman–Crippen MR) is 143 cm³/mol. The lowest BCUT2D eigenvalue weighted by Crippen LogP contribution is -2.27. The molecule has 1 amide bonds. The minimum absolute atomic E-state index is 0.0436. The lowest BCUT2D eigenvalue weighted by molar-refractivity contribution is 0.102. The fraction of sp³-hybridized carbons (Fsp3) is 0.107. The van der Waals surface area contributed by atoms with Gasteiger partial charge in [0.25, 0.3) is 5.91 Å². The topological polar surface area (TPSA) is 75.7 Å². The van der Waals surface area contributed by atoms with Gasteiger partial charge in [0.2, 0.25) is 10.0 Å². The van der Waals surface area contributed by atoms with Crippen molar-refractivity contribution in [1.82, 2.24) is 4.31 Å². The van der Waals surface area contributed by atoms with Crippen LogP contribution < -0.4 is 10.1 Å². The first-order valence-electron chi connectivity index (χ1n) is 11.2. The van der Waals surface area contributed by atoms with Crippen LogP contribution in [0.25, 0.3) is 0 Å². The normalized spacial score (nSPS) is 11.3. The number of carbonyl (C=O) groups is 1. The van der Waals surface area contributed by atoms with Crippen molar-refractivity contribution in [2.75, 3.05) is 19.5 Å². The fourth-order valence-electron chi connectivity index (χ4n) is 3.61. The molecule has 0 spiro atoms. The van der Waals surface area contributed by atoms with Gasteiger partial charge in [-0.15, -0.1) is 0 Å². The number of nitrogens with one attached hydrogen (secondary N) is 1. The highest BCUT2D eigenvalue weighted by Gasteiger charge is 2.22. The Kier molecular flexibility index (Phi) is 8.10. The third-order valence-electron chi connectivity index (χ3n) is 5.49. The minimum Gasteiger partial charge on any atom is -0.496 e. The molecule has 0 bridgehead atoms. The van der Waals surface area contributed by atoms with E-state index < -0.39 is 10.0 Å². The molecule has 0 unspecified atom stereocenters. The number of rotatable bonds is 9. The third-order valence-corrected chi connectivity index (χ3v) is 8.39. The zero-order valence-electron chi connectivity index (χ0n) is 19.9. The number of anilines is 1. The van der Waals surface area contributed by atoms with Crippen LogP contribution in [-0.2, 0) is 16.6 Å². The van der Waals surface area contributed by atoms with E-state index in [2.05, 4.69) is 5.32 Å². The average molecular weight is 519 g/mol. The summed E-state index contributed by atoms with van der Waals surface area (Å²) in [6, 6.07) is 30.8. The summed E-state index contributed by atoms with van der Waals surface area (Å²) in [5.74, 6) is 0.204. The number of amides is 1. The molecule has 0 heterocycles. The van der Waals surface area contributed by atoms with Gasteiger partial charge in [-0.05, 0) is 54.6 Å². The number of benzene rings is 4. The van der Waals surface area contributed by atoms with E-state index in [1.165, 1.54) is 18.5 Å². The monoisotopic (exact) mass is 518 g/mol. The summed E-state index contributed by atoms with van der Waals surface area (Å²) in [5.41, 5.74) is 1.67. The van der Waals surface area contributed by atoms with Crippen LogP contribution in [0.4, 0.5) is 5.69 Å². The summed E-state index contributed by atoms with van der Waals surface area (Å²) in [6.07, 6.45) is 0.